The Morgan fingerprint density at radius 2 is 1.96 bits per heavy atom. The summed E-state index contributed by atoms with van der Waals surface area (Å²) in [6.45, 7) is 2.81. The molecule has 0 unspecified atom stereocenters. The Balaban J connectivity index is 1.51. The monoisotopic (exact) mass is 349 g/mol. The topological polar surface area (TPSA) is 82.4 Å². The summed E-state index contributed by atoms with van der Waals surface area (Å²) in [6, 6.07) is 9.18. The van der Waals surface area contributed by atoms with Gasteiger partial charge in [-0.15, -0.1) is 0 Å². The number of hydrogen-bond acceptors (Lipinski definition) is 6. The summed E-state index contributed by atoms with van der Waals surface area (Å²) in [4.78, 5) is 24.7. The Morgan fingerprint density at radius 1 is 1.19 bits per heavy atom. The number of carbonyl (C=O) groups is 1. The molecule has 26 heavy (non-hydrogen) atoms. The van der Waals surface area contributed by atoms with Crippen molar-refractivity contribution < 1.29 is 9.53 Å². The second kappa shape index (κ2) is 8.62. The van der Waals surface area contributed by atoms with E-state index in [0.29, 0.717) is 18.8 Å². The van der Waals surface area contributed by atoms with Gasteiger partial charge in [0.2, 0.25) is 5.91 Å². The van der Waals surface area contributed by atoms with E-state index in [1.54, 1.807) is 42.9 Å². The molecule has 1 aliphatic rings. The molecule has 1 aliphatic heterocycles. The van der Waals surface area contributed by atoms with Crippen molar-refractivity contribution in [3.05, 3.63) is 54.5 Å². The zero-order valence-corrected chi connectivity index (χ0v) is 14.3. The minimum absolute atomic E-state index is 0.00592. The Labute approximate surface area is 152 Å². The lowest BCUT2D eigenvalue weighted by Gasteiger charge is -2.34. The fraction of sp³-hybridized carbons (Fsp3) is 0.263. The van der Waals surface area contributed by atoms with Crippen LogP contribution in [-0.4, -0.2) is 53.6 Å². The van der Waals surface area contributed by atoms with Crippen LogP contribution in [0.1, 0.15) is 5.56 Å². The molecule has 1 saturated heterocycles. The summed E-state index contributed by atoms with van der Waals surface area (Å²) in [7, 11) is 0. The Kier molecular flexibility index (Phi) is 5.78. The summed E-state index contributed by atoms with van der Waals surface area (Å²) in [5.41, 5.74) is 0.904. The summed E-state index contributed by atoms with van der Waals surface area (Å²) in [5, 5.41) is 8.49. The molecule has 0 saturated carbocycles. The fourth-order valence-electron chi connectivity index (χ4n) is 2.67. The van der Waals surface area contributed by atoms with Crippen LogP contribution in [0.25, 0.3) is 6.08 Å². The van der Waals surface area contributed by atoms with E-state index in [1.165, 1.54) is 0 Å². The molecule has 2 aromatic rings. The molecule has 1 amide bonds. The Bertz CT molecular complexity index is 791. The lowest BCUT2D eigenvalue weighted by atomic mass is 10.2. The highest BCUT2D eigenvalue weighted by Crippen LogP contribution is 2.14. The molecule has 0 N–H and O–H groups in total. The Morgan fingerprint density at radius 3 is 2.62 bits per heavy atom. The number of piperazine rings is 1. The van der Waals surface area contributed by atoms with Gasteiger partial charge in [-0.3, -0.25) is 9.78 Å². The van der Waals surface area contributed by atoms with Crippen LogP contribution >= 0.6 is 0 Å². The number of rotatable bonds is 5. The second-order valence-electron chi connectivity index (χ2n) is 5.73. The molecule has 7 heteroatoms. The van der Waals surface area contributed by atoms with Crippen LogP contribution in [-0.2, 0) is 4.79 Å². The van der Waals surface area contributed by atoms with Crippen molar-refractivity contribution in [3.63, 3.8) is 0 Å². The lowest BCUT2D eigenvalue weighted by molar-refractivity contribution is -0.126. The number of ether oxygens (including phenoxy) is 1. The van der Waals surface area contributed by atoms with Gasteiger partial charge in [0.05, 0.1) is 6.20 Å². The maximum absolute atomic E-state index is 12.4. The van der Waals surface area contributed by atoms with E-state index in [2.05, 4.69) is 14.9 Å². The van der Waals surface area contributed by atoms with Crippen molar-refractivity contribution in [2.24, 2.45) is 0 Å². The van der Waals surface area contributed by atoms with Crippen molar-refractivity contribution in [1.29, 1.82) is 5.26 Å². The van der Waals surface area contributed by atoms with Gasteiger partial charge >= 0.3 is 0 Å². The smallest absolute Gasteiger partial charge is 0.246 e. The molecular formula is C19H19N5O2. The van der Waals surface area contributed by atoms with Gasteiger partial charge in [0, 0.05) is 44.6 Å². The number of nitriles is 1. The van der Waals surface area contributed by atoms with E-state index >= 15 is 0 Å². The van der Waals surface area contributed by atoms with Crippen LogP contribution in [0.2, 0.25) is 0 Å². The molecular weight excluding hydrogens is 330 g/mol. The number of benzene rings is 1. The van der Waals surface area contributed by atoms with Crippen molar-refractivity contribution in [2.45, 2.75) is 0 Å². The molecule has 1 fully saturated rings. The van der Waals surface area contributed by atoms with Gasteiger partial charge in [-0.1, -0.05) is 12.1 Å². The first kappa shape index (κ1) is 17.4. The molecule has 0 radical (unpaired) electrons. The third-order valence-corrected chi connectivity index (χ3v) is 4.07. The average molecular weight is 349 g/mol. The minimum atomic E-state index is -0.00592. The van der Waals surface area contributed by atoms with Gasteiger partial charge in [0.25, 0.3) is 0 Å². The quantitative estimate of drug-likeness (QED) is 0.765. The largest absolute Gasteiger partial charge is 0.479 e. The number of nitrogens with zero attached hydrogens (tertiary/aromatic N) is 5. The maximum atomic E-state index is 12.4. The SMILES string of the molecule is N#CCOc1ccc(/C=C/C(=O)N2CCN(c3cnccn3)CC2)cc1. The lowest BCUT2D eigenvalue weighted by Crippen LogP contribution is -2.48. The van der Waals surface area contributed by atoms with Gasteiger partial charge in [0.1, 0.15) is 17.6 Å². The molecule has 0 spiro atoms. The molecule has 1 aromatic heterocycles. The third kappa shape index (κ3) is 4.57. The predicted molar refractivity (Wildman–Crippen MR) is 97.4 cm³/mol. The van der Waals surface area contributed by atoms with Crippen molar-refractivity contribution >= 4 is 17.8 Å². The van der Waals surface area contributed by atoms with Crippen LogP contribution < -0.4 is 9.64 Å². The van der Waals surface area contributed by atoms with Gasteiger partial charge in [-0.2, -0.15) is 5.26 Å². The first-order valence-electron chi connectivity index (χ1n) is 8.34. The van der Waals surface area contributed by atoms with E-state index in [9.17, 15) is 4.79 Å². The normalized spacial score (nSPS) is 14.3. The summed E-state index contributed by atoms with van der Waals surface area (Å²) >= 11 is 0. The van der Waals surface area contributed by atoms with Gasteiger partial charge in [-0.25, -0.2) is 4.98 Å². The second-order valence-corrected chi connectivity index (χ2v) is 5.73. The molecule has 7 nitrogen and oxygen atoms in total. The highest BCUT2D eigenvalue weighted by atomic mass is 16.5. The molecule has 1 aromatic carbocycles. The molecule has 2 heterocycles. The summed E-state index contributed by atoms with van der Waals surface area (Å²) in [6.07, 6.45) is 8.43. The highest BCUT2D eigenvalue weighted by molar-refractivity contribution is 5.92. The van der Waals surface area contributed by atoms with E-state index in [4.69, 9.17) is 10.00 Å². The van der Waals surface area contributed by atoms with E-state index in [-0.39, 0.29) is 12.5 Å². The molecule has 3 rings (SSSR count). The zero-order chi connectivity index (χ0) is 18.2. The minimum Gasteiger partial charge on any atom is -0.479 e. The van der Waals surface area contributed by atoms with Gasteiger partial charge in [0.15, 0.2) is 6.61 Å². The zero-order valence-electron chi connectivity index (χ0n) is 14.3. The summed E-state index contributed by atoms with van der Waals surface area (Å²) in [5.74, 6) is 1.47. The third-order valence-electron chi connectivity index (χ3n) is 4.07. The average Bonchev–Trinajstić information content (AvgIpc) is 2.72. The maximum Gasteiger partial charge on any atom is 0.246 e. The molecule has 0 aliphatic carbocycles. The van der Waals surface area contributed by atoms with Gasteiger partial charge in [-0.05, 0) is 23.8 Å². The number of anilines is 1. The van der Waals surface area contributed by atoms with Crippen LogP contribution in [0, 0.1) is 11.3 Å². The molecule has 0 atom stereocenters. The van der Waals surface area contributed by atoms with E-state index in [1.807, 2.05) is 23.1 Å². The van der Waals surface area contributed by atoms with Crippen LogP contribution in [0.15, 0.2) is 48.9 Å². The van der Waals surface area contributed by atoms with Crippen LogP contribution in [0.3, 0.4) is 0 Å². The molecule has 0 bridgehead atoms. The van der Waals surface area contributed by atoms with Gasteiger partial charge < -0.3 is 14.5 Å². The first-order chi connectivity index (χ1) is 12.8. The summed E-state index contributed by atoms with van der Waals surface area (Å²) < 4.78 is 5.20. The van der Waals surface area contributed by atoms with Crippen LogP contribution in [0.4, 0.5) is 5.82 Å². The fourth-order valence-corrected chi connectivity index (χ4v) is 2.67. The van der Waals surface area contributed by atoms with E-state index in [0.717, 1.165) is 24.5 Å². The number of carbonyl (C=O) groups excluding carboxylic acids is 1. The highest BCUT2D eigenvalue weighted by Gasteiger charge is 2.20. The predicted octanol–water partition coefficient (Wildman–Crippen LogP) is 1.74. The van der Waals surface area contributed by atoms with Crippen molar-refractivity contribution in [2.75, 3.05) is 37.7 Å². The number of aromatic nitrogens is 2. The Hall–Kier alpha value is -3.40. The number of amides is 1. The van der Waals surface area contributed by atoms with Crippen molar-refractivity contribution in [1.82, 2.24) is 14.9 Å². The number of hydrogen-bond donors (Lipinski definition) is 0. The van der Waals surface area contributed by atoms with Crippen molar-refractivity contribution in [3.8, 4) is 11.8 Å². The standard InChI is InChI=1S/C19H19N5O2/c20-7-14-26-17-4-1-16(2-5-17)3-6-19(25)24-12-10-23(11-13-24)18-15-21-8-9-22-18/h1-6,8-9,15H,10-14H2/b6-3+. The van der Waals surface area contributed by atoms with Crippen LogP contribution in [0.5, 0.6) is 5.75 Å². The first-order valence-corrected chi connectivity index (χ1v) is 8.34. The van der Waals surface area contributed by atoms with E-state index < -0.39 is 0 Å². The molecule has 132 valence electrons.